The summed E-state index contributed by atoms with van der Waals surface area (Å²) in [6, 6.07) is 20.9. The van der Waals surface area contributed by atoms with Gasteiger partial charge < -0.3 is 10.5 Å². The summed E-state index contributed by atoms with van der Waals surface area (Å²) in [6.07, 6.45) is 0.619. The highest BCUT2D eigenvalue weighted by atomic mass is 16.5. The topological polar surface area (TPSA) is 81.3 Å². The predicted octanol–water partition coefficient (Wildman–Crippen LogP) is 2.68. The number of aromatic nitrogens is 2. The van der Waals surface area contributed by atoms with E-state index in [1.807, 2.05) is 53.4 Å². The normalized spacial score (nSPS) is 16.5. The second-order valence-electron chi connectivity index (χ2n) is 6.57. The van der Waals surface area contributed by atoms with E-state index in [0.717, 1.165) is 5.69 Å². The number of ether oxygens (including phenoxy) is 1. The van der Waals surface area contributed by atoms with Gasteiger partial charge in [0.05, 0.1) is 11.7 Å². The number of nitrogens with two attached hydrogens (primary N) is 1. The summed E-state index contributed by atoms with van der Waals surface area (Å²) in [5.41, 5.74) is 8.80. The van der Waals surface area contributed by atoms with Crippen molar-refractivity contribution >= 4 is 5.91 Å². The Kier molecular flexibility index (Phi) is 4.80. The second kappa shape index (κ2) is 7.55. The SMILES string of the molecule is NC(=O)[C@@H]1Cc2ccccc2CN1Cc1ccc(Oc2ccccc2)nn1. The van der Waals surface area contributed by atoms with Crippen molar-refractivity contribution in [3.63, 3.8) is 0 Å². The maximum absolute atomic E-state index is 11.9. The van der Waals surface area contributed by atoms with E-state index in [1.54, 1.807) is 6.07 Å². The fourth-order valence-electron chi connectivity index (χ4n) is 3.33. The van der Waals surface area contributed by atoms with Crippen molar-refractivity contribution in [2.45, 2.75) is 25.6 Å². The fraction of sp³-hybridized carbons (Fsp3) is 0.190. The maximum atomic E-state index is 11.9. The Morgan fingerprint density at radius 1 is 1.00 bits per heavy atom. The monoisotopic (exact) mass is 360 g/mol. The molecule has 1 aliphatic rings. The van der Waals surface area contributed by atoms with Crippen LogP contribution in [-0.4, -0.2) is 27.0 Å². The molecule has 0 saturated heterocycles. The zero-order valence-electron chi connectivity index (χ0n) is 14.8. The van der Waals surface area contributed by atoms with E-state index in [0.29, 0.717) is 31.1 Å². The van der Waals surface area contributed by atoms with Crippen LogP contribution in [0.15, 0.2) is 66.7 Å². The highest BCUT2D eigenvalue weighted by molar-refractivity contribution is 5.80. The molecule has 0 radical (unpaired) electrons. The summed E-state index contributed by atoms with van der Waals surface area (Å²) >= 11 is 0. The van der Waals surface area contributed by atoms with Crippen LogP contribution in [0.25, 0.3) is 0 Å². The van der Waals surface area contributed by atoms with Gasteiger partial charge in [0.15, 0.2) is 0 Å². The van der Waals surface area contributed by atoms with Crippen LogP contribution >= 0.6 is 0 Å². The van der Waals surface area contributed by atoms with Crippen molar-refractivity contribution in [3.05, 3.63) is 83.6 Å². The summed E-state index contributed by atoms with van der Waals surface area (Å²) in [6.45, 7) is 1.16. The van der Waals surface area contributed by atoms with E-state index in [2.05, 4.69) is 22.3 Å². The molecule has 1 amide bonds. The zero-order valence-corrected chi connectivity index (χ0v) is 14.8. The summed E-state index contributed by atoms with van der Waals surface area (Å²) in [4.78, 5) is 14.0. The van der Waals surface area contributed by atoms with Crippen molar-refractivity contribution in [2.75, 3.05) is 0 Å². The minimum atomic E-state index is -0.345. The summed E-state index contributed by atoms with van der Waals surface area (Å²) < 4.78 is 5.67. The highest BCUT2D eigenvalue weighted by Gasteiger charge is 2.30. The molecule has 0 unspecified atom stereocenters. The van der Waals surface area contributed by atoms with Crippen molar-refractivity contribution in [1.29, 1.82) is 0 Å². The minimum absolute atomic E-state index is 0.318. The minimum Gasteiger partial charge on any atom is -0.438 e. The number of rotatable bonds is 5. The van der Waals surface area contributed by atoms with Crippen molar-refractivity contribution in [3.8, 4) is 11.6 Å². The number of hydrogen-bond acceptors (Lipinski definition) is 5. The molecule has 27 heavy (non-hydrogen) atoms. The first kappa shape index (κ1) is 17.2. The number of carbonyl (C=O) groups excluding carboxylic acids is 1. The molecule has 1 aromatic heterocycles. The van der Waals surface area contributed by atoms with E-state index in [1.165, 1.54) is 11.1 Å². The van der Waals surface area contributed by atoms with Gasteiger partial charge in [-0.2, -0.15) is 5.10 Å². The Balaban J connectivity index is 1.48. The predicted molar refractivity (Wildman–Crippen MR) is 101 cm³/mol. The molecule has 0 spiro atoms. The molecular formula is C21H20N4O2. The van der Waals surface area contributed by atoms with E-state index in [9.17, 15) is 4.79 Å². The largest absolute Gasteiger partial charge is 0.438 e. The summed E-state index contributed by atoms with van der Waals surface area (Å²) in [5, 5.41) is 8.39. The maximum Gasteiger partial charge on any atom is 0.238 e. The Morgan fingerprint density at radius 2 is 1.74 bits per heavy atom. The van der Waals surface area contributed by atoms with Crippen LogP contribution in [0.5, 0.6) is 11.6 Å². The van der Waals surface area contributed by atoms with Gasteiger partial charge in [0.1, 0.15) is 5.75 Å². The lowest BCUT2D eigenvalue weighted by Gasteiger charge is -2.34. The Morgan fingerprint density at radius 3 is 2.44 bits per heavy atom. The second-order valence-corrected chi connectivity index (χ2v) is 6.57. The molecule has 136 valence electrons. The van der Waals surface area contributed by atoms with Crippen LogP contribution in [0.4, 0.5) is 0 Å². The first-order valence-corrected chi connectivity index (χ1v) is 8.85. The third-order valence-electron chi connectivity index (χ3n) is 4.70. The number of amides is 1. The van der Waals surface area contributed by atoms with Gasteiger partial charge in [-0.25, -0.2) is 0 Å². The number of carbonyl (C=O) groups is 1. The first-order valence-electron chi connectivity index (χ1n) is 8.85. The van der Waals surface area contributed by atoms with E-state index in [-0.39, 0.29) is 11.9 Å². The molecule has 0 saturated carbocycles. The average Bonchev–Trinajstić information content (AvgIpc) is 2.69. The van der Waals surface area contributed by atoms with Gasteiger partial charge in [-0.3, -0.25) is 9.69 Å². The standard InChI is InChI=1S/C21H20N4O2/c22-21(26)19-12-15-6-4-5-7-16(15)13-25(19)14-17-10-11-20(24-23-17)27-18-8-2-1-3-9-18/h1-11,19H,12-14H2,(H2,22,26)/t19-/m0/s1. The molecule has 1 atom stereocenters. The summed E-state index contributed by atoms with van der Waals surface area (Å²) in [7, 11) is 0. The average molecular weight is 360 g/mol. The van der Waals surface area contributed by atoms with Crippen LogP contribution in [-0.2, 0) is 24.3 Å². The molecule has 6 heteroatoms. The van der Waals surface area contributed by atoms with Gasteiger partial charge in [-0.05, 0) is 35.7 Å². The Bertz CT molecular complexity index is 928. The Hall–Kier alpha value is -3.25. The number of primary amides is 1. The van der Waals surface area contributed by atoms with E-state index in [4.69, 9.17) is 10.5 Å². The molecule has 0 bridgehead atoms. The molecule has 2 N–H and O–H groups in total. The lowest BCUT2D eigenvalue weighted by molar-refractivity contribution is -0.124. The molecule has 1 aliphatic heterocycles. The van der Waals surface area contributed by atoms with Crippen LogP contribution in [0, 0.1) is 0 Å². The van der Waals surface area contributed by atoms with Crippen LogP contribution in [0.3, 0.4) is 0 Å². The zero-order chi connectivity index (χ0) is 18.6. The van der Waals surface area contributed by atoms with Crippen LogP contribution in [0.2, 0.25) is 0 Å². The van der Waals surface area contributed by atoms with Gasteiger partial charge in [-0.15, -0.1) is 5.10 Å². The molecule has 0 aliphatic carbocycles. The van der Waals surface area contributed by atoms with Gasteiger partial charge in [0.25, 0.3) is 0 Å². The molecule has 3 aromatic rings. The van der Waals surface area contributed by atoms with Crippen molar-refractivity contribution < 1.29 is 9.53 Å². The van der Waals surface area contributed by atoms with Crippen molar-refractivity contribution in [2.24, 2.45) is 5.73 Å². The lowest BCUT2D eigenvalue weighted by Crippen LogP contribution is -2.48. The fourth-order valence-corrected chi connectivity index (χ4v) is 3.33. The molecular weight excluding hydrogens is 340 g/mol. The number of fused-ring (bicyclic) bond motifs is 1. The van der Waals surface area contributed by atoms with Gasteiger partial charge in [0.2, 0.25) is 11.8 Å². The van der Waals surface area contributed by atoms with Crippen LogP contribution < -0.4 is 10.5 Å². The van der Waals surface area contributed by atoms with Crippen molar-refractivity contribution in [1.82, 2.24) is 15.1 Å². The van der Waals surface area contributed by atoms with Gasteiger partial charge >= 0.3 is 0 Å². The lowest BCUT2D eigenvalue weighted by atomic mass is 9.93. The van der Waals surface area contributed by atoms with E-state index < -0.39 is 0 Å². The quantitative estimate of drug-likeness (QED) is 0.756. The smallest absolute Gasteiger partial charge is 0.238 e. The number of benzene rings is 2. The molecule has 2 heterocycles. The molecule has 0 fully saturated rings. The Labute approximate surface area is 157 Å². The van der Waals surface area contributed by atoms with Gasteiger partial charge in [-0.1, -0.05) is 42.5 Å². The van der Waals surface area contributed by atoms with Crippen LogP contribution in [0.1, 0.15) is 16.8 Å². The summed E-state index contributed by atoms with van der Waals surface area (Å²) in [5.74, 6) is 0.822. The highest BCUT2D eigenvalue weighted by Crippen LogP contribution is 2.25. The first-order chi connectivity index (χ1) is 13.2. The number of para-hydroxylation sites is 1. The molecule has 6 nitrogen and oxygen atoms in total. The third-order valence-corrected chi connectivity index (χ3v) is 4.70. The number of hydrogen-bond donors (Lipinski definition) is 1. The molecule has 4 rings (SSSR count). The van der Waals surface area contributed by atoms with E-state index >= 15 is 0 Å². The third kappa shape index (κ3) is 3.96. The number of nitrogens with zero attached hydrogens (tertiary/aromatic N) is 3. The van der Waals surface area contributed by atoms with Gasteiger partial charge in [0, 0.05) is 19.2 Å². The molecule has 2 aromatic carbocycles.